The van der Waals surface area contributed by atoms with Gasteiger partial charge in [-0.1, -0.05) is 38.3 Å². The van der Waals surface area contributed by atoms with Gasteiger partial charge in [-0.25, -0.2) is 8.42 Å². The number of aromatic nitrogens is 1. The van der Waals surface area contributed by atoms with Gasteiger partial charge in [-0.15, -0.1) is 0 Å². The first-order valence-corrected chi connectivity index (χ1v) is 9.49. The van der Waals surface area contributed by atoms with Crippen molar-refractivity contribution in [2.45, 2.75) is 37.5 Å². The third-order valence-corrected chi connectivity index (χ3v) is 5.83. The Kier molecular flexibility index (Phi) is 6.50. The summed E-state index contributed by atoms with van der Waals surface area (Å²) < 4.78 is 27.4. The largest absolute Gasteiger partial charge is 0.395 e. The van der Waals surface area contributed by atoms with Gasteiger partial charge in [-0.3, -0.25) is 4.98 Å². The molecule has 0 saturated carbocycles. The third kappa shape index (κ3) is 4.28. The van der Waals surface area contributed by atoms with Gasteiger partial charge >= 0.3 is 0 Å². The lowest BCUT2D eigenvalue weighted by Gasteiger charge is -2.22. The number of sulfonamides is 1. The van der Waals surface area contributed by atoms with Crippen LogP contribution in [-0.2, 0) is 10.0 Å². The standard InChI is InChI=1S/C17H24N2O3S/c1-2-3-4-5-11-19(12-13-20)23(21,22)17-8-6-7-15-14-18-10-9-16(15)17/h6-10,14,20H,2-5,11-13H2,1H3. The first kappa shape index (κ1) is 17.8. The summed E-state index contributed by atoms with van der Waals surface area (Å²) in [5.74, 6) is 0. The monoisotopic (exact) mass is 336 g/mol. The van der Waals surface area contributed by atoms with Gasteiger partial charge in [0.2, 0.25) is 10.0 Å². The van der Waals surface area contributed by atoms with Crippen molar-refractivity contribution in [2.24, 2.45) is 0 Å². The van der Waals surface area contributed by atoms with Crippen molar-refractivity contribution in [3.63, 3.8) is 0 Å². The average molecular weight is 336 g/mol. The molecule has 0 aliphatic heterocycles. The van der Waals surface area contributed by atoms with E-state index in [1.54, 1.807) is 30.6 Å². The van der Waals surface area contributed by atoms with E-state index in [2.05, 4.69) is 11.9 Å². The van der Waals surface area contributed by atoms with Gasteiger partial charge in [0, 0.05) is 36.3 Å². The maximum atomic E-state index is 13.0. The lowest BCUT2D eigenvalue weighted by molar-refractivity contribution is 0.252. The average Bonchev–Trinajstić information content (AvgIpc) is 2.57. The Bertz CT molecular complexity index is 726. The quantitative estimate of drug-likeness (QED) is 0.715. The molecule has 23 heavy (non-hydrogen) atoms. The van der Waals surface area contributed by atoms with Gasteiger partial charge < -0.3 is 5.11 Å². The summed E-state index contributed by atoms with van der Waals surface area (Å²) in [6, 6.07) is 6.91. The molecule has 5 nitrogen and oxygen atoms in total. The van der Waals surface area contributed by atoms with Gasteiger partial charge in [-0.2, -0.15) is 4.31 Å². The Balaban J connectivity index is 2.32. The van der Waals surface area contributed by atoms with Crippen LogP contribution in [0, 0.1) is 0 Å². The zero-order valence-corrected chi connectivity index (χ0v) is 14.3. The van der Waals surface area contributed by atoms with Crippen LogP contribution in [0.3, 0.4) is 0 Å². The SMILES string of the molecule is CCCCCCN(CCO)S(=O)(=O)c1cccc2cnccc12. The van der Waals surface area contributed by atoms with E-state index in [-0.39, 0.29) is 18.0 Å². The highest BCUT2D eigenvalue weighted by atomic mass is 32.2. The van der Waals surface area contributed by atoms with E-state index in [4.69, 9.17) is 0 Å². The fraction of sp³-hybridized carbons (Fsp3) is 0.471. The summed E-state index contributed by atoms with van der Waals surface area (Å²) in [5, 5.41) is 10.7. The number of fused-ring (bicyclic) bond motifs is 1. The Morgan fingerprint density at radius 2 is 1.96 bits per heavy atom. The van der Waals surface area contributed by atoms with Crippen LogP contribution in [0.25, 0.3) is 10.8 Å². The number of rotatable bonds is 9. The molecule has 0 bridgehead atoms. The first-order chi connectivity index (χ1) is 11.1. The van der Waals surface area contributed by atoms with E-state index in [9.17, 15) is 13.5 Å². The van der Waals surface area contributed by atoms with Crippen molar-refractivity contribution < 1.29 is 13.5 Å². The topological polar surface area (TPSA) is 70.5 Å². The molecule has 126 valence electrons. The fourth-order valence-electron chi connectivity index (χ4n) is 2.64. The Hall–Kier alpha value is -1.50. The third-order valence-electron chi connectivity index (χ3n) is 3.87. The van der Waals surface area contributed by atoms with Crippen LogP contribution in [0.1, 0.15) is 32.6 Å². The molecule has 0 aliphatic rings. The van der Waals surface area contributed by atoms with Gasteiger partial charge in [-0.05, 0) is 18.6 Å². The first-order valence-electron chi connectivity index (χ1n) is 8.05. The Morgan fingerprint density at radius 1 is 1.13 bits per heavy atom. The number of nitrogens with zero attached hydrogens (tertiary/aromatic N) is 2. The molecule has 0 amide bonds. The smallest absolute Gasteiger partial charge is 0.243 e. The maximum absolute atomic E-state index is 13.0. The lowest BCUT2D eigenvalue weighted by Crippen LogP contribution is -2.34. The van der Waals surface area contributed by atoms with E-state index in [1.807, 2.05) is 6.07 Å². The fourth-order valence-corrected chi connectivity index (χ4v) is 4.32. The summed E-state index contributed by atoms with van der Waals surface area (Å²) in [6.07, 6.45) is 7.24. The highest BCUT2D eigenvalue weighted by Crippen LogP contribution is 2.25. The van der Waals surface area contributed by atoms with Crippen molar-refractivity contribution >= 4 is 20.8 Å². The molecule has 1 aromatic heterocycles. The minimum atomic E-state index is -3.63. The minimum absolute atomic E-state index is 0.121. The molecule has 0 unspecified atom stereocenters. The number of hydrogen-bond donors (Lipinski definition) is 1. The van der Waals surface area contributed by atoms with E-state index in [1.165, 1.54) is 4.31 Å². The normalized spacial score (nSPS) is 12.1. The predicted molar refractivity (Wildman–Crippen MR) is 91.7 cm³/mol. The maximum Gasteiger partial charge on any atom is 0.243 e. The van der Waals surface area contributed by atoms with Crippen LogP contribution >= 0.6 is 0 Å². The van der Waals surface area contributed by atoms with E-state index >= 15 is 0 Å². The van der Waals surface area contributed by atoms with Crippen LogP contribution in [0.4, 0.5) is 0 Å². The summed E-state index contributed by atoms with van der Waals surface area (Å²) in [6.45, 7) is 2.49. The predicted octanol–water partition coefficient (Wildman–Crippen LogP) is 2.80. The highest BCUT2D eigenvalue weighted by molar-refractivity contribution is 7.89. The van der Waals surface area contributed by atoms with Gasteiger partial charge in [0.05, 0.1) is 11.5 Å². The number of pyridine rings is 1. The van der Waals surface area contributed by atoms with Crippen molar-refractivity contribution in [3.8, 4) is 0 Å². The number of hydrogen-bond acceptors (Lipinski definition) is 4. The zero-order chi connectivity index (χ0) is 16.7. The van der Waals surface area contributed by atoms with Gasteiger partial charge in [0.15, 0.2) is 0 Å². The van der Waals surface area contributed by atoms with Gasteiger partial charge in [0.1, 0.15) is 0 Å². The van der Waals surface area contributed by atoms with E-state index in [0.717, 1.165) is 31.1 Å². The van der Waals surface area contributed by atoms with Crippen LogP contribution in [0.5, 0.6) is 0 Å². The number of aliphatic hydroxyl groups is 1. The molecular weight excluding hydrogens is 312 g/mol. The van der Waals surface area contributed by atoms with Crippen molar-refractivity contribution in [3.05, 3.63) is 36.7 Å². The van der Waals surface area contributed by atoms with E-state index < -0.39 is 10.0 Å². The molecule has 1 N–H and O–H groups in total. The Labute approximate surface area is 138 Å². The summed E-state index contributed by atoms with van der Waals surface area (Å²) >= 11 is 0. The summed E-state index contributed by atoms with van der Waals surface area (Å²) in [4.78, 5) is 4.32. The molecule has 6 heteroatoms. The minimum Gasteiger partial charge on any atom is -0.395 e. The second-order valence-corrected chi connectivity index (χ2v) is 7.45. The lowest BCUT2D eigenvalue weighted by atomic mass is 10.2. The van der Waals surface area contributed by atoms with Crippen molar-refractivity contribution in [1.82, 2.24) is 9.29 Å². The molecule has 0 aliphatic carbocycles. The number of aliphatic hydroxyl groups excluding tert-OH is 1. The molecular formula is C17H24N2O3S. The molecule has 0 atom stereocenters. The van der Waals surface area contributed by atoms with Crippen molar-refractivity contribution in [1.29, 1.82) is 0 Å². The molecule has 0 saturated heterocycles. The molecule has 1 aromatic carbocycles. The second-order valence-electron chi connectivity index (χ2n) is 5.54. The molecule has 0 radical (unpaired) electrons. The number of unbranched alkanes of at least 4 members (excludes halogenated alkanes) is 3. The molecule has 0 fully saturated rings. The molecule has 1 heterocycles. The molecule has 2 rings (SSSR count). The molecule has 2 aromatic rings. The van der Waals surface area contributed by atoms with Gasteiger partial charge in [0.25, 0.3) is 0 Å². The Morgan fingerprint density at radius 3 is 2.70 bits per heavy atom. The van der Waals surface area contributed by atoms with Crippen LogP contribution < -0.4 is 0 Å². The number of benzene rings is 1. The van der Waals surface area contributed by atoms with E-state index in [0.29, 0.717) is 11.9 Å². The van der Waals surface area contributed by atoms with Crippen molar-refractivity contribution in [2.75, 3.05) is 19.7 Å². The van der Waals surface area contributed by atoms with Crippen LogP contribution in [0.2, 0.25) is 0 Å². The highest BCUT2D eigenvalue weighted by Gasteiger charge is 2.25. The van der Waals surface area contributed by atoms with Crippen LogP contribution in [-0.4, -0.2) is 42.5 Å². The zero-order valence-electron chi connectivity index (χ0n) is 13.5. The molecule has 0 spiro atoms. The summed E-state index contributed by atoms with van der Waals surface area (Å²) in [7, 11) is -3.63. The summed E-state index contributed by atoms with van der Waals surface area (Å²) in [5.41, 5.74) is 0. The van der Waals surface area contributed by atoms with Crippen LogP contribution in [0.15, 0.2) is 41.6 Å². The second kappa shape index (κ2) is 8.38.